The maximum absolute atomic E-state index is 9.13. The van der Waals surface area contributed by atoms with Crippen LogP contribution < -0.4 is 26.2 Å². The van der Waals surface area contributed by atoms with E-state index in [0.717, 1.165) is 20.8 Å². The number of carbonyl (C=O) groups is 4. The van der Waals surface area contributed by atoms with Gasteiger partial charge in [0.05, 0.1) is 5.97 Å². The van der Waals surface area contributed by atoms with Crippen LogP contribution in [0.1, 0.15) is 20.8 Å². The molecule has 0 bridgehead atoms. The quantitative estimate of drug-likeness (QED) is 0.455. The Balaban J connectivity index is -0.0000000288. The van der Waals surface area contributed by atoms with Crippen LogP contribution >= 0.6 is 0 Å². The molecule has 0 aromatic carbocycles. The second-order valence-corrected chi connectivity index (χ2v) is 2.05. The second-order valence-electron chi connectivity index (χ2n) is 2.05. The van der Waals surface area contributed by atoms with Gasteiger partial charge < -0.3 is 45.3 Å². The van der Waals surface area contributed by atoms with E-state index in [1.807, 2.05) is 0 Å². The minimum absolute atomic E-state index is 0. The van der Waals surface area contributed by atoms with Gasteiger partial charge in [-0.3, -0.25) is 0 Å². The third kappa shape index (κ3) is 883. The SMILES string of the molecule is CC(=O)[O-].CC(=O)[O-].CC(=O)[O-].NCC(=O)[O-].[Ca+2].[Ca+2]. The summed E-state index contributed by atoms with van der Waals surface area (Å²) < 4.78 is 0. The zero-order chi connectivity index (χ0) is 15.0. The number of rotatable bonds is 1. The molecule has 2 N–H and O–H groups in total. The number of nitrogens with two attached hydrogens (primary N) is 1. The Labute approximate surface area is 170 Å². The molecule has 0 spiro atoms. The molecule has 0 aliphatic carbocycles. The number of carboxylic acid groups (broad SMARTS) is 4. The van der Waals surface area contributed by atoms with Gasteiger partial charge in [0.2, 0.25) is 0 Å². The number of carboxylic acids is 4. The Kier molecular flexibility index (Phi) is 59.7. The molecule has 0 saturated heterocycles. The number of hydrogen-bond donors (Lipinski definition) is 1. The molecule has 0 radical (unpaired) electrons. The van der Waals surface area contributed by atoms with Gasteiger partial charge in [0.25, 0.3) is 0 Å². The van der Waals surface area contributed by atoms with Crippen molar-refractivity contribution in [2.24, 2.45) is 5.73 Å². The van der Waals surface area contributed by atoms with Gasteiger partial charge in [0, 0.05) is 24.5 Å². The molecule has 0 aromatic rings. The van der Waals surface area contributed by atoms with Gasteiger partial charge in [-0.15, -0.1) is 0 Å². The molecule has 0 fully saturated rings. The van der Waals surface area contributed by atoms with E-state index in [-0.39, 0.29) is 82.0 Å². The Morgan fingerprint density at radius 3 is 0.789 bits per heavy atom. The topological polar surface area (TPSA) is 187 Å². The van der Waals surface area contributed by atoms with Crippen LogP contribution in [-0.4, -0.2) is 106 Å². The van der Waals surface area contributed by atoms with E-state index >= 15 is 0 Å². The number of carbonyl (C=O) groups excluding carboxylic acids is 4. The van der Waals surface area contributed by atoms with Crippen molar-refractivity contribution >= 4 is 99.4 Å². The zero-order valence-corrected chi connectivity index (χ0v) is 15.4. The molecule has 0 saturated carbocycles. The van der Waals surface area contributed by atoms with Crippen molar-refractivity contribution in [1.29, 1.82) is 0 Å². The summed E-state index contributed by atoms with van der Waals surface area (Å²) in [6.45, 7) is 2.53. The predicted molar refractivity (Wildman–Crippen MR) is 57.6 cm³/mol. The first kappa shape index (κ1) is 36.6. The van der Waals surface area contributed by atoms with E-state index in [1.165, 1.54) is 0 Å². The molecule has 0 aliphatic heterocycles. The summed E-state index contributed by atoms with van der Waals surface area (Å²) >= 11 is 0. The molecular formula is C8H13Ca2NO8. The summed E-state index contributed by atoms with van der Waals surface area (Å²) in [5.41, 5.74) is 4.51. The van der Waals surface area contributed by atoms with E-state index in [2.05, 4.69) is 5.73 Å². The van der Waals surface area contributed by atoms with Crippen molar-refractivity contribution in [2.45, 2.75) is 20.8 Å². The molecule has 0 heterocycles. The third-order valence-corrected chi connectivity index (χ3v) is 0.167. The van der Waals surface area contributed by atoms with Crippen LogP contribution in [0.25, 0.3) is 0 Å². The Bertz CT molecular complexity index is 206. The first-order valence-electron chi connectivity index (χ1n) is 3.89. The number of aliphatic carboxylic acids is 4. The molecular weight excluding hydrogens is 318 g/mol. The fourth-order valence-electron chi connectivity index (χ4n) is 0. The summed E-state index contributed by atoms with van der Waals surface area (Å²) in [5.74, 6) is -4.47. The molecule has 0 aromatic heterocycles. The van der Waals surface area contributed by atoms with Crippen molar-refractivity contribution in [3.8, 4) is 0 Å². The van der Waals surface area contributed by atoms with E-state index in [4.69, 9.17) is 39.6 Å². The van der Waals surface area contributed by atoms with Gasteiger partial charge in [-0.05, 0) is 20.8 Å². The maximum atomic E-state index is 9.13. The Morgan fingerprint density at radius 1 is 0.737 bits per heavy atom. The van der Waals surface area contributed by atoms with Crippen LogP contribution in [0.4, 0.5) is 0 Å². The fourth-order valence-corrected chi connectivity index (χ4v) is 0. The van der Waals surface area contributed by atoms with Gasteiger partial charge in [-0.1, -0.05) is 0 Å². The first-order valence-corrected chi connectivity index (χ1v) is 3.89. The van der Waals surface area contributed by atoms with Crippen LogP contribution in [0.5, 0.6) is 0 Å². The molecule has 9 nitrogen and oxygen atoms in total. The van der Waals surface area contributed by atoms with Crippen LogP contribution in [0, 0.1) is 0 Å². The maximum Gasteiger partial charge on any atom is 2.00 e. The van der Waals surface area contributed by atoms with Crippen LogP contribution in [-0.2, 0) is 19.2 Å². The Morgan fingerprint density at radius 2 is 0.789 bits per heavy atom. The largest absolute Gasteiger partial charge is 2.00 e. The normalized spacial score (nSPS) is 5.89. The van der Waals surface area contributed by atoms with Crippen molar-refractivity contribution in [1.82, 2.24) is 0 Å². The van der Waals surface area contributed by atoms with E-state index in [1.54, 1.807) is 0 Å². The van der Waals surface area contributed by atoms with Crippen molar-refractivity contribution in [3.05, 3.63) is 0 Å². The smallest absolute Gasteiger partial charge is 0.550 e. The van der Waals surface area contributed by atoms with E-state index < -0.39 is 23.9 Å². The summed E-state index contributed by atoms with van der Waals surface area (Å²) in [6, 6.07) is 0. The second kappa shape index (κ2) is 31.0. The zero-order valence-electron chi connectivity index (χ0n) is 11.0. The Hall–Kier alpha value is 0.359. The summed E-state index contributed by atoms with van der Waals surface area (Å²) in [7, 11) is 0. The molecule has 19 heavy (non-hydrogen) atoms. The number of hydrogen-bond acceptors (Lipinski definition) is 9. The minimum Gasteiger partial charge on any atom is -0.550 e. The monoisotopic (exact) mass is 331 g/mol. The van der Waals surface area contributed by atoms with E-state index in [9.17, 15) is 0 Å². The van der Waals surface area contributed by atoms with Crippen molar-refractivity contribution in [2.75, 3.05) is 6.54 Å². The molecule has 0 aliphatic rings. The average Bonchev–Trinajstić information content (AvgIpc) is 2.00. The molecule has 0 amide bonds. The third-order valence-electron chi connectivity index (χ3n) is 0.167. The molecule has 11 heteroatoms. The van der Waals surface area contributed by atoms with Gasteiger partial charge in [-0.2, -0.15) is 0 Å². The first-order chi connectivity index (χ1) is 7.47. The fraction of sp³-hybridized carbons (Fsp3) is 0.500. The average molecular weight is 331 g/mol. The molecule has 0 rings (SSSR count). The van der Waals surface area contributed by atoms with E-state index in [0.29, 0.717) is 0 Å². The minimum atomic E-state index is -1.22. The van der Waals surface area contributed by atoms with Crippen molar-refractivity contribution < 1.29 is 39.6 Å². The van der Waals surface area contributed by atoms with Gasteiger partial charge in [0.15, 0.2) is 0 Å². The van der Waals surface area contributed by atoms with Gasteiger partial charge in [-0.25, -0.2) is 0 Å². The van der Waals surface area contributed by atoms with Gasteiger partial charge >= 0.3 is 75.5 Å². The summed E-state index contributed by atoms with van der Waals surface area (Å²) in [5, 5.41) is 35.8. The van der Waals surface area contributed by atoms with Gasteiger partial charge in [0.1, 0.15) is 0 Å². The van der Waals surface area contributed by atoms with Crippen LogP contribution in [0.2, 0.25) is 0 Å². The predicted octanol–water partition coefficient (Wildman–Crippen LogP) is -6.80. The molecule has 0 unspecified atom stereocenters. The summed E-state index contributed by atoms with van der Waals surface area (Å²) in [6.07, 6.45) is 0. The van der Waals surface area contributed by atoms with Crippen LogP contribution in [0.15, 0.2) is 0 Å². The summed E-state index contributed by atoms with van der Waals surface area (Å²) in [4.78, 5) is 35.8. The standard InChI is InChI=1S/C2H5NO2.3C2H4O2.2Ca/c3-1-2(4)5;3*1-2(3)4;;/h1,3H2,(H,4,5);3*1H3,(H,3,4);;/q;;;;2*+2/p-4. The molecule has 0 atom stereocenters. The molecule has 102 valence electrons. The van der Waals surface area contributed by atoms with Crippen LogP contribution in [0.3, 0.4) is 0 Å². The van der Waals surface area contributed by atoms with Crippen molar-refractivity contribution in [3.63, 3.8) is 0 Å².